The van der Waals surface area contributed by atoms with Gasteiger partial charge in [-0.05, 0) is 39.5 Å². The number of thiophene rings is 1. The normalized spacial score (nSPS) is 11.3. The molecule has 8 heteroatoms. The molecule has 0 aliphatic rings. The van der Waals surface area contributed by atoms with E-state index in [1.54, 1.807) is 11.4 Å². The second-order valence-electron chi connectivity index (χ2n) is 3.51. The van der Waals surface area contributed by atoms with Crippen LogP contribution in [0.15, 0.2) is 38.3 Å². The number of ether oxygens (including phenoxy) is 1. The van der Waals surface area contributed by atoms with E-state index < -0.39 is 15.8 Å². The predicted octanol–water partition coefficient (Wildman–Crippen LogP) is 3.46. The number of anilines is 1. The molecule has 19 heavy (non-hydrogen) atoms. The minimum Gasteiger partial charge on any atom is -0.494 e. The molecule has 0 aliphatic carbocycles. The van der Waals surface area contributed by atoms with Gasteiger partial charge in [-0.1, -0.05) is 0 Å². The molecule has 0 atom stereocenters. The molecule has 2 rings (SSSR count). The molecule has 102 valence electrons. The highest BCUT2D eigenvalue weighted by atomic mass is 79.9. The van der Waals surface area contributed by atoms with Crippen LogP contribution in [0, 0.1) is 5.82 Å². The Morgan fingerprint density at radius 3 is 2.68 bits per heavy atom. The lowest BCUT2D eigenvalue weighted by molar-refractivity contribution is 0.413. The highest BCUT2D eigenvalue weighted by molar-refractivity contribution is 9.10. The van der Waals surface area contributed by atoms with Crippen molar-refractivity contribution in [2.75, 3.05) is 11.8 Å². The number of methoxy groups -OCH3 is 1. The first-order valence-electron chi connectivity index (χ1n) is 5.03. The average Bonchev–Trinajstić information content (AvgIpc) is 2.78. The van der Waals surface area contributed by atoms with Gasteiger partial charge in [0.05, 0.1) is 12.8 Å². The lowest BCUT2D eigenvalue weighted by atomic mass is 10.3. The first kappa shape index (κ1) is 14.3. The highest BCUT2D eigenvalue weighted by Gasteiger charge is 2.21. The molecule has 0 fully saturated rings. The summed E-state index contributed by atoms with van der Waals surface area (Å²) in [6, 6.07) is 5.22. The first-order chi connectivity index (χ1) is 8.94. The molecule has 0 saturated carbocycles. The SMILES string of the molecule is COc1cc(F)ccc1NS(=O)(=O)c1sccc1Br. The van der Waals surface area contributed by atoms with Gasteiger partial charge in [-0.15, -0.1) is 11.3 Å². The van der Waals surface area contributed by atoms with Gasteiger partial charge >= 0.3 is 0 Å². The van der Waals surface area contributed by atoms with E-state index in [9.17, 15) is 12.8 Å². The lowest BCUT2D eigenvalue weighted by Gasteiger charge is -2.11. The zero-order valence-corrected chi connectivity index (χ0v) is 12.9. The van der Waals surface area contributed by atoms with Crippen molar-refractivity contribution < 1.29 is 17.5 Å². The molecule has 0 unspecified atom stereocenters. The van der Waals surface area contributed by atoms with Crippen molar-refractivity contribution in [3.8, 4) is 5.75 Å². The molecule has 4 nitrogen and oxygen atoms in total. The fourth-order valence-electron chi connectivity index (χ4n) is 1.41. The zero-order chi connectivity index (χ0) is 14.0. The Labute approximate surface area is 122 Å². The fraction of sp³-hybridized carbons (Fsp3) is 0.0909. The van der Waals surface area contributed by atoms with Gasteiger partial charge in [0.1, 0.15) is 11.6 Å². The van der Waals surface area contributed by atoms with E-state index in [0.29, 0.717) is 4.47 Å². The van der Waals surface area contributed by atoms with Crippen LogP contribution in [0.1, 0.15) is 0 Å². The third kappa shape index (κ3) is 3.07. The molecule has 2 aromatic rings. The summed E-state index contributed by atoms with van der Waals surface area (Å²) in [6.45, 7) is 0. The van der Waals surface area contributed by atoms with Crippen molar-refractivity contribution in [2.24, 2.45) is 0 Å². The number of nitrogens with one attached hydrogen (secondary N) is 1. The van der Waals surface area contributed by atoms with Crippen molar-refractivity contribution >= 4 is 43.0 Å². The third-order valence-corrected chi connectivity index (χ3v) is 6.27. The summed E-state index contributed by atoms with van der Waals surface area (Å²) < 4.78 is 45.3. The van der Waals surface area contributed by atoms with Crippen LogP contribution in [0.3, 0.4) is 0 Å². The van der Waals surface area contributed by atoms with Gasteiger partial charge < -0.3 is 4.74 Å². The summed E-state index contributed by atoms with van der Waals surface area (Å²) in [5.41, 5.74) is 0.184. The summed E-state index contributed by atoms with van der Waals surface area (Å²) in [5, 5.41) is 1.65. The number of sulfonamides is 1. The first-order valence-corrected chi connectivity index (χ1v) is 8.19. The Kier molecular flexibility index (Phi) is 4.12. The van der Waals surface area contributed by atoms with Crippen LogP contribution in [0.5, 0.6) is 5.75 Å². The number of rotatable bonds is 4. The molecular formula is C11H9BrFNO3S2. The zero-order valence-electron chi connectivity index (χ0n) is 9.68. The van der Waals surface area contributed by atoms with Crippen LogP contribution in [-0.2, 0) is 10.0 Å². The van der Waals surface area contributed by atoms with Gasteiger partial charge in [-0.2, -0.15) is 0 Å². The molecule has 0 spiro atoms. The van der Waals surface area contributed by atoms with E-state index in [4.69, 9.17) is 4.74 Å². The molecule has 0 saturated heterocycles. The predicted molar refractivity (Wildman–Crippen MR) is 75.8 cm³/mol. The van der Waals surface area contributed by atoms with Gasteiger partial charge in [0.2, 0.25) is 0 Å². The van der Waals surface area contributed by atoms with Crippen molar-refractivity contribution in [1.82, 2.24) is 0 Å². The van der Waals surface area contributed by atoms with Crippen LogP contribution < -0.4 is 9.46 Å². The summed E-state index contributed by atoms with van der Waals surface area (Å²) in [7, 11) is -2.39. The molecule has 1 aromatic carbocycles. The smallest absolute Gasteiger partial charge is 0.272 e. The van der Waals surface area contributed by atoms with Gasteiger partial charge in [0.25, 0.3) is 10.0 Å². The molecule has 0 amide bonds. The van der Waals surface area contributed by atoms with Crippen molar-refractivity contribution in [1.29, 1.82) is 0 Å². The topological polar surface area (TPSA) is 55.4 Å². The lowest BCUT2D eigenvalue weighted by Crippen LogP contribution is -2.12. The highest BCUT2D eigenvalue weighted by Crippen LogP contribution is 2.32. The van der Waals surface area contributed by atoms with Crippen LogP contribution in [0.4, 0.5) is 10.1 Å². The van der Waals surface area contributed by atoms with E-state index in [1.165, 1.54) is 13.2 Å². The second-order valence-corrected chi connectivity index (χ2v) is 7.15. The van der Waals surface area contributed by atoms with Gasteiger partial charge in [0, 0.05) is 10.5 Å². The summed E-state index contributed by atoms with van der Waals surface area (Å²) in [4.78, 5) is 0. The Hall–Kier alpha value is -1.12. The molecular weight excluding hydrogens is 357 g/mol. The maximum absolute atomic E-state index is 13.0. The summed E-state index contributed by atoms with van der Waals surface area (Å²) in [6.07, 6.45) is 0. The Morgan fingerprint density at radius 2 is 2.11 bits per heavy atom. The van der Waals surface area contributed by atoms with Gasteiger partial charge in [-0.3, -0.25) is 4.72 Å². The molecule has 0 radical (unpaired) electrons. The number of hydrogen-bond donors (Lipinski definition) is 1. The minimum absolute atomic E-state index is 0.122. The Bertz CT molecular complexity index is 700. The van der Waals surface area contributed by atoms with Gasteiger partial charge in [0.15, 0.2) is 4.21 Å². The van der Waals surface area contributed by atoms with Crippen LogP contribution in [0.2, 0.25) is 0 Å². The minimum atomic E-state index is -3.73. The number of halogens is 2. The molecule has 1 aromatic heterocycles. The van der Waals surface area contributed by atoms with E-state index >= 15 is 0 Å². The van der Waals surface area contributed by atoms with Crippen LogP contribution in [0.25, 0.3) is 0 Å². The Balaban J connectivity index is 2.39. The third-order valence-electron chi connectivity index (χ3n) is 2.24. The van der Waals surface area contributed by atoms with Crippen molar-refractivity contribution in [3.05, 3.63) is 39.9 Å². The largest absolute Gasteiger partial charge is 0.494 e. The van der Waals surface area contributed by atoms with E-state index in [2.05, 4.69) is 20.7 Å². The quantitative estimate of drug-likeness (QED) is 0.902. The van der Waals surface area contributed by atoms with Crippen LogP contribution in [-0.4, -0.2) is 15.5 Å². The fourth-order valence-corrected chi connectivity index (χ4v) is 4.82. The standard InChI is InChI=1S/C11H9BrFNO3S2/c1-17-10-6-7(13)2-3-9(10)14-19(15,16)11-8(12)4-5-18-11/h2-6,14H,1H3. The van der Waals surface area contributed by atoms with Crippen molar-refractivity contribution in [3.63, 3.8) is 0 Å². The van der Waals surface area contributed by atoms with Crippen molar-refractivity contribution in [2.45, 2.75) is 4.21 Å². The number of hydrogen-bond acceptors (Lipinski definition) is 4. The average molecular weight is 366 g/mol. The molecule has 0 aliphatic heterocycles. The summed E-state index contributed by atoms with van der Waals surface area (Å²) >= 11 is 4.24. The second kappa shape index (κ2) is 5.48. The van der Waals surface area contributed by atoms with E-state index in [1.807, 2.05) is 0 Å². The monoisotopic (exact) mass is 365 g/mol. The Morgan fingerprint density at radius 1 is 1.37 bits per heavy atom. The maximum atomic E-state index is 13.0. The van der Waals surface area contributed by atoms with E-state index in [0.717, 1.165) is 23.5 Å². The number of benzene rings is 1. The van der Waals surface area contributed by atoms with Gasteiger partial charge in [-0.25, -0.2) is 12.8 Å². The summed E-state index contributed by atoms with van der Waals surface area (Å²) in [5.74, 6) is -0.381. The van der Waals surface area contributed by atoms with Crippen LogP contribution >= 0.6 is 27.3 Å². The molecule has 1 N–H and O–H groups in total. The molecule has 1 heterocycles. The van der Waals surface area contributed by atoms with E-state index in [-0.39, 0.29) is 15.6 Å². The molecule has 0 bridgehead atoms. The maximum Gasteiger partial charge on any atom is 0.272 e.